The number of rotatable bonds is 7. The lowest BCUT2D eigenvalue weighted by Gasteiger charge is -2.42. The Morgan fingerprint density at radius 2 is 1.64 bits per heavy atom. The van der Waals surface area contributed by atoms with Crippen LogP contribution in [0.2, 0.25) is 0 Å². The first kappa shape index (κ1) is 24.8. The van der Waals surface area contributed by atoms with E-state index in [1.807, 2.05) is 35.2 Å². The monoisotopic (exact) mass is 499 g/mol. The maximum Gasteiger partial charge on any atom is 0.238 e. The number of fused-ring (bicyclic) bond motifs is 2. The molecule has 0 radical (unpaired) electrons. The summed E-state index contributed by atoms with van der Waals surface area (Å²) in [6.07, 6.45) is 4.27. The zero-order valence-electron chi connectivity index (χ0n) is 20.4. The van der Waals surface area contributed by atoms with E-state index >= 15 is 0 Å². The third-order valence-electron chi connectivity index (χ3n) is 8.33. The fourth-order valence-electron chi connectivity index (χ4n) is 6.23. The smallest absolute Gasteiger partial charge is 0.238 e. The van der Waals surface area contributed by atoms with Crippen molar-refractivity contribution in [2.24, 2.45) is 17.1 Å². The zero-order valence-corrected chi connectivity index (χ0v) is 20.4. The lowest BCUT2D eigenvalue weighted by Crippen LogP contribution is -2.54. The van der Waals surface area contributed by atoms with Crippen LogP contribution in [-0.4, -0.2) is 46.8 Å². The molecule has 2 bridgehead atoms. The molecule has 0 spiro atoms. The Morgan fingerprint density at radius 3 is 2.25 bits per heavy atom. The fraction of sp³-hybridized carbons (Fsp3) is 0.500. The molecule has 5 rings (SSSR count). The number of hydrogen-bond acceptors (Lipinski definition) is 3. The summed E-state index contributed by atoms with van der Waals surface area (Å²) in [5, 5.41) is 0. The standard InChI is InChI=1S/C28H32F3N3O2/c1-33(16-17-5-3-2-4-6-17)26(35)28(9-10-28)27(36)34-20-7-8-21(34)12-19(11-20)25(32)14-18-13-23(30)24(31)15-22(18)29/h2-6,13,15,19-21,25H,7-12,14,16,32H2,1H3/t19?,20?,21?,25-/m1/s1. The molecule has 2 aromatic carbocycles. The molecule has 2 N–H and O–H groups in total. The number of benzene rings is 2. The van der Waals surface area contributed by atoms with Crippen LogP contribution in [-0.2, 0) is 22.6 Å². The third kappa shape index (κ3) is 4.51. The van der Waals surface area contributed by atoms with Gasteiger partial charge in [-0.3, -0.25) is 9.59 Å². The minimum Gasteiger partial charge on any atom is -0.340 e. The van der Waals surface area contributed by atoms with E-state index in [0.29, 0.717) is 38.3 Å². The van der Waals surface area contributed by atoms with Crippen molar-refractivity contribution in [1.82, 2.24) is 9.80 Å². The Hall–Kier alpha value is -2.87. The van der Waals surface area contributed by atoms with Gasteiger partial charge in [-0.2, -0.15) is 0 Å². The number of halogens is 3. The second kappa shape index (κ2) is 9.54. The first-order valence-electron chi connectivity index (χ1n) is 12.7. The molecule has 2 aliphatic heterocycles. The Balaban J connectivity index is 1.24. The highest BCUT2D eigenvalue weighted by Gasteiger charge is 2.61. The van der Waals surface area contributed by atoms with E-state index in [1.165, 1.54) is 0 Å². The molecule has 3 aliphatic rings. The van der Waals surface area contributed by atoms with Crippen LogP contribution in [0, 0.1) is 28.8 Å². The normalized spacial score (nSPS) is 24.9. The van der Waals surface area contributed by atoms with Crippen molar-refractivity contribution < 1.29 is 22.8 Å². The van der Waals surface area contributed by atoms with Crippen LogP contribution in [0.1, 0.15) is 49.7 Å². The van der Waals surface area contributed by atoms with Crippen LogP contribution in [0.5, 0.6) is 0 Å². The van der Waals surface area contributed by atoms with Crippen molar-refractivity contribution in [1.29, 1.82) is 0 Å². The highest BCUT2D eigenvalue weighted by molar-refractivity contribution is 6.08. The quantitative estimate of drug-likeness (QED) is 0.459. The van der Waals surface area contributed by atoms with Gasteiger partial charge in [0.15, 0.2) is 11.6 Å². The molecule has 36 heavy (non-hydrogen) atoms. The molecule has 2 heterocycles. The van der Waals surface area contributed by atoms with E-state index in [0.717, 1.165) is 24.5 Å². The zero-order chi connectivity index (χ0) is 25.6. The van der Waals surface area contributed by atoms with Gasteiger partial charge in [-0.25, -0.2) is 13.2 Å². The number of carbonyl (C=O) groups excluding carboxylic acids is 2. The van der Waals surface area contributed by atoms with Crippen molar-refractivity contribution in [3.05, 3.63) is 71.0 Å². The Morgan fingerprint density at radius 1 is 1.03 bits per heavy atom. The molecule has 1 aliphatic carbocycles. The van der Waals surface area contributed by atoms with Gasteiger partial charge in [0, 0.05) is 37.8 Å². The van der Waals surface area contributed by atoms with Crippen LogP contribution in [0.3, 0.4) is 0 Å². The van der Waals surface area contributed by atoms with Crippen molar-refractivity contribution >= 4 is 11.8 Å². The maximum absolute atomic E-state index is 14.2. The summed E-state index contributed by atoms with van der Waals surface area (Å²) >= 11 is 0. The number of nitrogens with two attached hydrogens (primary N) is 1. The molecular weight excluding hydrogens is 467 g/mol. The van der Waals surface area contributed by atoms with Gasteiger partial charge in [-0.1, -0.05) is 30.3 Å². The molecule has 192 valence electrons. The number of piperidine rings is 1. The lowest BCUT2D eigenvalue weighted by atomic mass is 9.82. The maximum atomic E-state index is 14.2. The highest BCUT2D eigenvalue weighted by atomic mass is 19.2. The number of nitrogens with zero attached hydrogens (tertiary/aromatic N) is 2. The van der Waals surface area contributed by atoms with Crippen LogP contribution in [0.15, 0.2) is 42.5 Å². The van der Waals surface area contributed by atoms with E-state index in [9.17, 15) is 22.8 Å². The highest BCUT2D eigenvalue weighted by Crippen LogP contribution is 2.52. The van der Waals surface area contributed by atoms with E-state index < -0.39 is 28.9 Å². The molecule has 3 atom stereocenters. The van der Waals surface area contributed by atoms with Gasteiger partial charge in [0.2, 0.25) is 11.8 Å². The van der Waals surface area contributed by atoms with E-state index in [1.54, 1.807) is 11.9 Å². The second-order valence-corrected chi connectivity index (χ2v) is 10.8. The first-order chi connectivity index (χ1) is 17.2. The molecule has 0 aromatic heterocycles. The van der Waals surface area contributed by atoms with Gasteiger partial charge in [-0.15, -0.1) is 0 Å². The van der Waals surface area contributed by atoms with E-state index in [4.69, 9.17) is 5.73 Å². The molecule has 5 nitrogen and oxygen atoms in total. The van der Waals surface area contributed by atoms with Gasteiger partial charge in [-0.05, 0) is 68.1 Å². The van der Waals surface area contributed by atoms with Crippen molar-refractivity contribution in [3.8, 4) is 0 Å². The average molecular weight is 500 g/mol. The summed E-state index contributed by atoms with van der Waals surface area (Å²) in [5.41, 5.74) is 6.54. The SMILES string of the molecule is CN(Cc1ccccc1)C(=O)C1(C(=O)N2C3CCC2CC([C@H](N)Cc2cc(F)c(F)cc2F)C3)CC1. The topological polar surface area (TPSA) is 66.6 Å². The number of hydrogen-bond donors (Lipinski definition) is 1. The molecule has 3 fully saturated rings. The Kier molecular flexibility index (Phi) is 6.57. The Labute approximate surface area is 209 Å². The van der Waals surface area contributed by atoms with Gasteiger partial charge in [0.25, 0.3) is 0 Å². The number of amides is 2. The summed E-state index contributed by atoms with van der Waals surface area (Å²) in [4.78, 5) is 30.7. The van der Waals surface area contributed by atoms with Gasteiger partial charge < -0.3 is 15.5 Å². The lowest BCUT2D eigenvalue weighted by molar-refractivity contribution is -0.152. The van der Waals surface area contributed by atoms with Gasteiger partial charge in [0.05, 0.1) is 0 Å². The predicted octanol–water partition coefficient (Wildman–Crippen LogP) is 4.18. The fourth-order valence-corrected chi connectivity index (χ4v) is 6.23. The summed E-state index contributed by atoms with van der Waals surface area (Å²) < 4.78 is 41.1. The van der Waals surface area contributed by atoms with Crippen molar-refractivity contribution in [3.63, 3.8) is 0 Å². The van der Waals surface area contributed by atoms with Crippen LogP contribution in [0.4, 0.5) is 13.2 Å². The Bertz CT molecular complexity index is 1140. The third-order valence-corrected chi connectivity index (χ3v) is 8.33. The van der Waals surface area contributed by atoms with Crippen LogP contribution < -0.4 is 5.73 Å². The minimum absolute atomic E-state index is 0.00759. The minimum atomic E-state index is -1.22. The number of carbonyl (C=O) groups is 2. The molecule has 2 amide bonds. The molecule has 8 heteroatoms. The summed E-state index contributed by atoms with van der Waals surface area (Å²) in [7, 11) is 1.75. The predicted molar refractivity (Wildman–Crippen MR) is 129 cm³/mol. The summed E-state index contributed by atoms with van der Waals surface area (Å²) in [6, 6.07) is 10.7. The van der Waals surface area contributed by atoms with E-state index in [2.05, 4.69) is 0 Å². The van der Waals surface area contributed by atoms with Crippen molar-refractivity contribution in [2.45, 2.75) is 69.6 Å². The van der Waals surface area contributed by atoms with Crippen LogP contribution >= 0.6 is 0 Å². The van der Waals surface area contributed by atoms with Crippen molar-refractivity contribution in [2.75, 3.05) is 7.05 Å². The van der Waals surface area contributed by atoms with Gasteiger partial charge in [0.1, 0.15) is 11.2 Å². The average Bonchev–Trinajstić information content (AvgIpc) is 3.62. The molecule has 1 saturated carbocycles. The molecule has 2 saturated heterocycles. The largest absolute Gasteiger partial charge is 0.340 e. The first-order valence-corrected chi connectivity index (χ1v) is 12.7. The van der Waals surface area contributed by atoms with Gasteiger partial charge >= 0.3 is 0 Å². The summed E-state index contributed by atoms with van der Waals surface area (Å²) in [6.45, 7) is 0.457. The second-order valence-electron chi connectivity index (χ2n) is 10.8. The summed E-state index contributed by atoms with van der Waals surface area (Å²) in [5.74, 6) is -3.26. The molecule has 2 aromatic rings. The molecule has 2 unspecified atom stereocenters. The van der Waals surface area contributed by atoms with Crippen LogP contribution in [0.25, 0.3) is 0 Å². The van der Waals surface area contributed by atoms with E-state index in [-0.39, 0.29) is 41.8 Å². The molecular formula is C28H32F3N3O2.